The highest BCUT2D eigenvalue weighted by Crippen LogP contribution is 2.26. The maximum absolute atomic E-state index is 12.6. The van der Waals surface area contributed by atoms with Crippen molar-refractivity contribution in [2.75, 3.05) is 17.1 Å². The maximum atomic E-state index is 12.6. The lowest BCUT2D eigenvalue weighted by Gasteiger charge is -2.25. The fourth-order valence-electron chi connectivity index (χ4n) is 3.35. The van der Waals surface area contributed by atoms with E-state index in [0.717, 1.165) is 35.8 Å². The monoisotopic (exact) mass is 402 g/mol. The molecule has 0 saturated carbocycles. The Balaban J connectivity index is 2.20. The van der Waals surface area contributed by atoms with Gasteiger partial charge in [-0.3, -0.25) is 9.10 Å². The lowest BCUT2D eigenvalue weighted by molar-refractivity contribution is -0.119. The third-order valence-electron chi connectivity index (χ3n) is 4.91. The summed E-state index contributed by atoms with van der Waals surface area (Å²) >= 11 is 0. The summed E-state index contributed by atoms with van der Waals surface area (Å²) in [5.41, 5.74) is 5.70. The van der Waals surface area contributed by atoms with Crippen LogP contribution in [0.15, 0.2) is 36.4 Å². The van der Waals surface area contributed by atoms with Crippen LogP contribution in [-0.4, -0.2) is 27.1 Å². The SMILES string of the molecule is CCc1ccc(CC)c(CNC(=O)CN(c2c(C)cccc2C)S(C)(=O)=O)c1. The predicted octanol–water partition coefficient (Wildman–Crippen LogP) is 3.51. The normalized spacial score (nSPS) is 11.3. The summed E-state index contributed by atoms with van der Waals surface area (Å²) in [6.07, 6.45) is 2.94. The van der Waals surface area contributed by atoms with E-state index >= 15 is 0 Å². The van der Waals surface area contributed by atoms with E-state index in [-0.39, 0.29) is 12.5 Å². The topological polar surface area (TPSA) is 66.5 Å². The lowest BCUT2D eigenvalue weighted by Crippen LogP contribution is -2.41. The predicted molar refractivity (Wildman–Crippen MR) is 115 cm³/mol. The highest BCUT2D eigenvalue weighted by Gasteiger charge is 2.23. The fourth-order valence-corrected chi connectivity index (χ4v) is 4.32. The number of amides is 1. The Hall–Kier alpha value is -2.34. The number of rotatable bonds is 8. The number of sulfonamides is 1. The molecule has 152 valence electrons. The van der Waals surface area contributed by atoms with E-state index in [1.807, 2.05) is 32.0 Å². The number of para-hydroxylation sites is 1. The molecule has 0 unspecified atom stereocenters. The molecule has 0 aliphatic carbocycles. The van der Waals surface area contributed by atoms with Gasteiger partial charge < -0.3 is 5.32 Å². The van der Waals surface area contributed by atoms with Gasteiger partial charge in [-0.2, -0.15) is 0 Å². The second-order valence-electron chi connectivity index (χ2n) is 7.10. The van der Waals surface area contributed by atoms with Crippen LogP contribution in [-0.2, 0) is 34.2 Å². The van der Waals surface area contributed by atoms with Gasteiger partial charge in [0.05, 0.1) is 11.9 Å². The molecule has 0 saturated heterocycles. The van der Waals surface area contributed by atoms with Gasteiger partial charge in [0.15, 0.2) is 0 Å². The molecule has 0 aliphatic rings. The molecular formula is C22H30N2O3S. The number of carbonyl (C=O) groups excluding carboxylic acids is 1. The van der Waals surface area contributed by atoms with Gasteiger partial charge in [-0.25, -0.2) is 8.42 Å². The van der Waals surface area contributed by atoms with Gasteiger partial charge in [-0.05, 0) is 54.5 Å². The van der Waals surface area contributed by atoms with E-state index in [0.29, 0.717) is 12.2 Å². The summed E-state index contributed by atoms with van der Waals surface area (Å²) in [4.78, 5) is 12.6. The number of hydrogen-bond acceptors (Lipinski definition) is 3. The van der Waals surface area contributed by atoms with Crippen LogP contribution < -0.4 is 9.62 Å². The van der Waals surface area contributed by atoms with Crippen molar-refractivity contribution in [3.8, 4) is 0 Å². The van der Waals surface area contributed by atoms with Crippen molar-refractivity contribution >= 4 is 21.6 Å². The Morgan fingerprint density at radius 1 is 1.00 bits per heavy atom. The zero-order chi connectivity index (χ0) is 20.9. The summed E-state index contributed by atoms with van der Waals surface area (Å²) in [5.74, 6) is -0.322. The largest absolute Gasteiger partial charge is 0.350 e. The van der Waals surface area contributed by atoms with Crippen LogP contribution in [0.2, 0.25) is 0 Å². The average molecular weight is 403 g/mol. The third kappa shape index (κ3) is 5.35. The van der Waals surface area contributed by atoms with E-state index in [2.05, 4.69) is 37.4 Å². The molecule has 0 fully saturated rings. The van der Waals surface area contributed by atoms with Gasteiger partial charge in [0.2, 0.25) is 15.9 Å². The van der Waals surface area contributed by atoms with E-state index < -0.39 is 10.0 Å². The van der Waals surface area contributed by atoms with E-state index in [1.54, 1.807) is 0 Å². The number of aryl methyl sites for hydroxylation is 4. The Morgan fingerprint density at radius 2 is 1.64 bits per heavy atom. The molecule has 0 spiro atoms. The van der Waals surface area contributed by atoms with Crippen LogP contribution in [0.5, 0.6) is 0 Å². The van der Waals surface area contributed by atoms with Crippen molar-refractivity contribution in [1.29, 1.82) is 0 Å². The molecule has 6 heteroatoms. The molecular weight excluding hydrogens is 372 g/mol. The minimum absolute atomic E-state index is 0.237. The van der Waals surface area contributed by atoms with Crippen molar-refractivity contribution in [3.05, 3.63) is 64.2 Å². The van der Waals surface area contributed by atoms with Crippen LogP contribution in [0.4, 0.5) is 5.69 Å². The van der Waals surface area contributed by atoms with E-state index in [9.17, 15) is 13.2 Å². The quantitative estimate of drug-likeness (QED) is 0.735. The molecule has 0 bridgehead atoms. The van der Waals surface area contributed by atoms with Gasteiger partial charge in [-0.1, -0.05) is 50.2 Å². The van der Waals surface area contributed by atoms with Crippen molar-refractivity contribution in [1.82, 2.24) is 5.32 Å². The van der Waals surface area contributed by atoms with Gasteiger partial charge >= 0.3 is 0 Å². The van der Waals surface area contributed by atoms with Gasteiger partial charge in [0, 0.05) is 6.54 Å². The molecule has 0 aliphatic heterocycles. The van der Waals surface area contributed by atoms with E-state index in [4.69, 9.17) is 0 Å². The van der Waals surface area contributed by atoms with Crippen LogP contribution in [0.3, 0.4) is 0 Å². The summed E-state index contributed by atoms with van der Waals surface area (Å²) in [6, 6.07) is 11.9. The van der Waals surface area contributed by atoms with Gasteiger partial charge in [0.25, 0.3) is 0 Å². The molecule has 2 aromatic carbocycles. The molecule has 1 amide bonds. The first-order chi connectivity index (χ1) is 13.2. The number of carbonyl (C=O) groups is 1. The molecule has 0 aromatic heterocycles. The van der Waals surface area contributed by atoms with Crippen LogP contribution in [0, 0.1) is 13.8 Å². The number of nitrogens with one attached hydrogen (secondary N) is 1. The number of nitrogens with zero attached hydrogens (tertiary/aromatic N) is 1. The van der Waals surface area contributed by atoms with Gasteiger partial charge in [-0.15, -0.1) is 0 Å². The van der Waals surface area contributed by atoms with Crippen molar-refractivity contribution in [3.63, 3.8) is 0 Å². The second-order valence-corrected chi connectivity index (χ2v) is 9.00. The smallest absolute Gasteiger partial charge is 0.241 e. The standard InChI is InChI=1S/C22H30N2O3S/c1-6-18-11-12-19(7-2)20(13-18)14-23-21(25)15-24(28(5,26)27)22-16(3)9-8-10-17(22)4/h8-13H,6-7,14-15H2,1-5H3,(H,23,25). The summed E-state index contributed by atoms with van der Waals surface area (Å²) < 4.78 is 25.9. The van der Waals surface area contributed by atoms with Gasteiger partial charge in [0.1, 0.15) is 6.54 Å². The maximum Gasteiger partial charge on any atom is 0.241 e. The Labute approximate surface area is 168 Å². The number of benzene rings is 2. The first-order valence-corrected chi connectivity index (χ1v) is 11.4. The molecule has 5 nitrogen and oxygen atoms in total. The average Bonchev–Trinajstić information content (AvgIpc) is 2.64. The molecule has 1 N–H and O–H groups in total. The second kappa shape index (κ2) is 9.24. The highest BCUT2D eigenvalue weighted by molar-refractivity contribution is 7.92. The van der Waals surface area contributed by atoms with Crippen molar-refractivity contribution in [2.24, 2.45) is 0 Å². The first kappa shape index (κ1) is 22.0. The van der Waals surface area contributed by atoms with E-state index in [1.165, 1.54) is 15.4 Å². The zero-order valence-corrected chi connectivity index (χ0v) is 18.2. The zero-order valence-electron chi connectivity index (χ0n) is 17.4. The first-order valence-electron chi connectivity index (χ1n) is 9.58. The molecule has 0 atom stereocenters. The molecule has 2 rings (SSSR count). The molecule has 28 heavy (non-hydrogen) atoms. The summed E-state index contributed by atoms with van der Waals surface area (Å²) in [6.45, 7) is 8.03. The minimum Gasteiger partial charge on any atom is -0.350 e. The number of hydrogen-bond donors (Lipinski definition) is 1. The molecule has 0 heterocycles. The van der Waals surface area contributed by atoms with Crippen LogP contribution in [0.1, 0.15) is 41.7 Å². The van der Waals surface area contributed by atoms with Crippen LogP contribution >= 0.6 is 0 Å². The fraction of sp³-hybridized carbons (Fsp3) is 0.409. The summed E-state index contributed by atoms with van der Waals surface area (Å²) in [7, 11) is -3.59. The third-order valence-corrected chi connectivity index (χ3v) is 6.02. The highest BCUT2D eigenvalue weighted by atomic mass is 32.2. The minimum atomic E-state index is -3.59. The molecule has 2 aromatic rings. The Kier molecular flexibility index (Phi) is 7.24. The molecule has 0 radical (unpaired) electrons. The van der Waals surface area contributed by atoms with Crippen molar-refractivity contribution < 1.29 is 13.2 Å². The van der Waals surface area contributed by atoms with Crippen LogP contribution in [0.25, 0.3) is 0 Å². The Bertz CT molecular complexity index is 932. The van der Waals surface area contributed by atoms with Crippen molar-refractivity contribution in [2.45, 2.75) is 47.1 Å². The number of anilines is 1. The lowest BCUT2D eigenvalue weighted by atomic mass is 10.0. The summed E-state index contributed by atoms with van der Waals surface area (Å²) in [5, 5.41) is 2.89. The Morgan fingerprint density at radius 3 is 2.18 bits per heavy atom.